The lowest BCUT2D eigenvalue weighted by molar-refractivity contribution is 0.0690. The molecule has 0 spiro atoms. The number of aromatic carboxylic acids is 1. The number of carboxylic acid groups (broad SMARTS) is 1. The van der Waals surface area contributed by atoms with Crippen LogP contribution in [0.1, 0.15) is 16.2 Å². The second-order valence-corrected chi connectivity index (χ2v) is 7.10. The zero-order valence-electron chi connectivity index (χ0n) is 16.4. The summed E-state index contributed by atoms with van der Waals surface area (Å²) in [4.78, 5) is 35.9. The lowest BCUT2D eigenvalue weighted by atomic mass is 10.0. The standard InChI is InChI=1S/C22H14ClN5O4/c23-14-1-2-20(16(8-14)13-3-4-25-18(7-13)22(30)31)32-6-5-28-12-27-19-11-26-15(10-24)9-17(19)21(28)29/h1-4,7-9,11-12H,5-6H2,(H,30,31). The number of nitriles is 1. The number of rotatable bonds is 6. The first kappa shape index (κ1) is 21.0. The van der Waals surface area contributed by atoms with Crippen molar-refractivity contribution in [2.24, 2.45) is 0 Å². The summed E-state index contributed by atoms with van der Waals surface area (Å²) in [5.41, 5.74) is 1.29. The van der Waals surface area contributed by atoms with E-state index in [2.05, 4.69) is 15.0 Å². The van der Waals surface area contributed by atoms with Crippen molar-refractivity contribution in [2.45, 2.75) is 6.54 Å². The van der Waals surface area contributed by atoms with E-state index in [0.29, 0.717) is 32.8 Å². The van der Waals surface area contributed by atoms with Crippen molar-refractivity contribution in [3.05, 3.63) is 81.9 Å². The first-order valence-electron chi connectivity index (χ1n) is 9.33. The van der Waals surface area contributed by atoms with Gasteiger partial charge in [0.1, 0.15) is 29.8 Å². The van der Waals surface area contributed by atoms with Gasteiger partial charge < -0.3 is 9.84 Å². The van der Waals surface area contributed by atoms with Crippen molar-refractivity contribution in [1.82, 2.24) is 19.5 Å². The average Bonchev–Trinajstić information content (AvgIpc) is 2.81. The molecule has 0 fully saturated rings. The Kier molecular flexibility index (Phi) is 5.79. The van der Waals surface area contributed by atoms with Crippen LogP contribution in [0.3, 0.4) is 0 Å². The van der Waals surface area contributed by atoms with Gasteiger partial charge in [0.15, 0.2) is 0 Å². The van der Waals surface area contributed by atoms with E-state index in [1.54, 1.807) is 24.3 Å². The predicted octanol–water partition coefficient (Wildman–Crippen LogP) is 3.16. The fraction of sp³-hybridized carbons (Fsp3) is 0.0909. The van der Waals surface area contributed by atoms with E-state index in [4.69, 9.17) is 21.6 Å². The lowest BCUT2D eigenvalue weighted by Crippen LogP contribution is -2.23. The maximum Gasteiger partial charge on any atom is 0.354 e. The molecule has 10 heteroatoms. The Morgan fingerprint density at radius 3 is 2.81 bits per heavy atom. The number of benzene rings is 1. The monoisotopic (exact) mass is 447 g/mol. The van der Waals surface area contributed by atoms with E-state index >= 15 is 0 Å². The topological polar surface area (TPSA) is 131 Å². The summed E-state index contributed by atoms with van der Waals surface area (Å²) in [5, 5.41) is 19.0. The third-order valence-corrected chi connectivity index (χ3v) is 4.88. The minimum Gasteiger partial charge on any atom is -0.491 e. The summed E-state index contributed by atoms with van der Waals surface area (Å²) in [5.74, 6) is -0.677. The molecule has 0 unspecified atom stereocenters. The summed E-state index contributed by atoms with van der Waals surface area (Å²) in [6.45, 7) is 0.333. The Hall–Kier alpha value is -4.29. The van der Waals surface area contributed by atoms with Crippen molar-refractivity contribution in [2.75, 3.05) is 6.61 Å². The number of hydrogen-bond donors (Lipinski definition) is 1. The number of halogens is 1. The Balaban J connectivity index is 1.58. The van der Waals surface area contributed by atoms with Crippen LogP contribution in [0.15, 0.2) is 59.9 Å². The van der Waals surface area contributed by atoms with Crippen LogP contribution in [0.25, 0.3) is 22.0 Å². The highest BCUT2D eigenvalue weighted by atomic mass is 35.5. The predicted molar refractivity (Wildman–Crippen MR) is 116 cm³/mol. The summed E-state index contributed by atoms with van der Waals surface area (Å²) >= 11 is 6.13. The number of carbonyl (C=O) groups is 1. The van der Waals surface area contributed by atoms with Gasteiger partial charge in [-0.2, -0.15) is 5.26 Å². The van der Waals surface area contributed by atoms with Crippen LogP contribution < -0.4 is 10.3 Å². The Labute approximate surface area is 186 Å². The van der Waals surface area contributed by atoms with E-state index in [1.807, 2.05) is 6.07 Å². The van der Waals surface area contributed by atoms with Crippen molar-refractivity contribution in [3.63, 3.8) is 0 Å². The number of carboxylic acids is 1. The fourth-order valence-corrected chi connectivity index (χ4v) is 3.28. The average molecular weight is 448 g/mol. The molecule has 0 aliphatic carbocycles. The molecule has 0 radical (unpaired) electrons. The van der Waals surface area contributed by atoms with Gasteiger partial charge in [0, 0.05) is 16.8 Å². The Bertz CT molecular complexity index is 1440. The first-order valence-corrected chi connectivity index (χ1v) is 9.71. The third kappa shape index (κ3) is 4.26. The third-order valence-electron chi connectivity index (χ3n) is 4.65. The SMILES string of the molecule is N#Cc1cc2c(=O)n(CCOc3ccc(Cl)cc3-c3ccnc(C(=O)O)c3)cnc2cn1. The molecule has 9 nitrogen and oxygen atoms in total. The van der Waals surface area contributed by atoms with Crippen molar-refractivity contribution >= 4 is 28.5 Å². The minimum atomic E-state index is -1.14. The quantitative estimate of drug-likeness (QED) is 0.476. The van der Waals surface area contributed by atoms with E-state index in [0.717, 1.165) is 0 Å². The van der Waals surface area contributed by atoms with Crippen LogP contribution in [-0.4, -0.2) is 37.2 Å². The molecular formula is C22H14ClN5O4. The molecule has 4 aromatic rings. The Morgan fingerprint density at radius 1 is 1.19 bits per heavy atom. The van der Waals surface area contributed by atoms with Gasteiger partial charge in [-0.25, -0.2) is 19.7 Å². The van der Waals surface area contributed by atoms with Crippen LogP contribution in [0.2, 0.25) is 5.02 Å². The lowest BCUT2D eigenvalue weighted by Gasteiger charge is -2.13. The van der Waals surface area contributed by atoms with E-state index in [9.17, 15) is 14.7 Å². The van der Waals surface area contributed by atoms with Gasteiger partial charge in [-0.05, 0) is 42.0 Å². The van der Waals surface area contributed by atoms with Crippen LogP contribution >= 0.6 is 11.6 Å². The molecule has 1 aromatic carbocycles. The number of ether oxygens (including phenoxy) is 1. The normalized spacial score (nSPS) is 10.6. The summed E-state index contributed by atoms with van der Waals surface area (Å²) in [6.07, 6.45) is 4.18. The zero-order chi connectivity index (χ0) is 22.7. The molecule has 3 heterocycles. The number of hydrogen-bond acceptors (Lipinski definition) is 7. The second kappa shape index (κ2) is 8.83. The molecule has 0 aliphatic heterocycles. The number of fused-ring (bicyclic) bond motifs is 1. The molecule has 0 bridgehead atoms. The van der Waals surface area contributed by atoms with Crippen LogP contribution in [0.4, 0.5) is 0 Å². The van der Waals surface area contributed by atoms with Gasteiger partial charge in [-0.1, -0.05) is 11.6 Å². The number of aromatic nitrogens is 4. The molecule has 0 atom stereocenters. The van der Waals surface area contributed by atoms with Gasteiger partial charge >= 0.3 is 5.97 Å². The molecule has 3 aromatic heterocycles. The Morgan fingerprint density at radius 2 is 2.03 bits per heavy atom. The first-order chi connectivity index (χ1) is 15.5. The zero-order valence-corrected chi connectivity index (χ0v) is 17.2. The highest BCUT2D eigenvalue weighted by molar-refractivity contribution is 6.31. The highest BCUT2D eigenvalue weighted by Crippen LogP contribution is 2.33. The molecule has 1 N–H and O–H groups in total. The molecule has 0 amide bonds. The van der Waals surface area contributed by atoms with E-state index in [1.165, 1.54) is 35.4 Å². The summed E-state index contributed by atoms with van der Waals surface area (Å²) in [7, 11) is 0. The largest absolute Gasteiger partial charge is 0.491 e. The van der Waals surface area contributed by atoms with Crippen molar-refractivity contribution in [3.8, 4) is 22.9 Å². The maximum absolute atomic E-state index is 12.7. The molecule has 0 aliphatic rings. The van der Waals surface area contributed by atoms with E-state index in [-0.39, 0.29) is 30.1 Å². The molecule has 4 rings (SSSR count). The van der Waals surface area contributed by atoms with Crippen molar-refractivity contribution < 1.29 is 14.6 Å². The highest BCUT2D eigenvalue weighted by Gasteiger charge is 2.12. The van der Waals surface area contributed by atoms with Gasteiger partial charge in [-0.3, -0.25) is 9.36 Å². The number of pyridine rings is 2. The fourth-order valence-electron chi connectivity index (χ4n) is 3.10. The van der Waals surface area contributed by atoms with Crippen LogP contribution in [-0.2, 0) is 6.54 Å². The molecular weight excluding hydrogens is 434 g/mol. The minimum absolute atomic E-state index is 0.103. The van der Waals surface area contributed by atoms with Crippen LogP contribution in [0, 0.1) is 11.3 Å². The molecule has 0 saturated heterocycles. The molecule has 0 saturated carbocycles. The maximum atomic E-state index is 12.7. The van der Waals surface area contributed by atoms with Gasteiger partial charge in [-0.15, -0.1) is 0 Å². The number of nitrogens with zero attached hydrogens (tertiary/aromatic N) is 5. The van der Waals surface area contributed by atoms with Gasteiger partial charge in [0.25, 0.3) is 5.56 Å². The molecule has 158 valence electrons. The van der Waals surface area contributed by atoms with Crippen molar-refractivity contribution in [1.29, 1.82) is 5.26 Å². The van der Waals surface area contributed by atoms with Crippen LogP contribution in [0.5, 0.6) is 5.75 Å². The van der Waals surface area contributed by atoms with Gasteiger partial charge in [0.05, 0.1) is 30.0 Å². The summed E-state index contributed by atoms with van der Waals surface area (Å²) in [6, 6.07) is 11.4. The van der Waals surface area contributed by atoms with Gasteiger partial charge in [0.2, 0.25) is 0 Å². The smallest absolute Gasteiger partial charge is 0.354 e. The van der Waals surface area contributed by atoms with E-state index < -0.39 is 5.97 Å². The summed E-state index contributed by atoms with van der Waals surface area (Å²) < 4.78 is 7.27. The second-order valence-electron chi connectivity index (χ2n) is 6.67. The molecule has 32 heavy (non-hydrogen) atoms.